The SMILES string of the molecule is COC(=O)C(N)C(O)Cl.Cl. The number of aliphatic hydroxyl groups excluding tert-OH is 1. The highest BCUT2D eigenvalue weighted by Crippen LogP contribution is 1.96. The molecular weight excluding hydrogens is 181 g/mol. The number of carbonyl (C=O) groups is 1. The number of nitrogens with two attached hydrogens (primary N) is 1. The van der Waals surface area contributed by atoms with Gasteiger partial charge in [-0.15, -0.1) is 12.4 Å². The van der Waals surface area contributed by atoms with Crippen molar-refractivity contribution in [2.45, 2.75) is 11.6 Å². The van der Waals surface area contributed by atoms with E-state index in [9.17, 15) is 4.79 Å². The first kappa shape index (κ1) is 12.6. The third-order valence-electron chi connectivity index (χ3n) is 0.770. The minimum Gasteiger partial charge on any atom is -0.468 e. The maximum Gasteiger partial charge on any atom is 0.326 e. The van der Waals surface area contributed by atoms with Crippen LogP contribution in [0.1, 0.15) is 0 Å². The van der Waals surface area contributed by atoms with E-state index in [0.29, 0.717) is 0 Å². The largest absolute Gasteiger partial charge is 0.468 e. The van der Waals surface area contributed by atoms with Gasteiger partial charge in [-0.2, -0.15) is 0 Å². The van der Waals surface area contributed by atoms with Crippen LogP contribution >= 0.6 is 24.0 Å². The van der Waals surface area contributed by atoms with Gasteiger partial charge in [0.1, 0.15) is 6.04 Å². The van der Waals surface area contributed by atoms with Crippen LogP contribution in [0, 0.1) is 0 Å². The first-order valence-corrected chi connectivity index (χ1v) is 2.68. The van der Waals surface area contributed by atoms with Gasteiger partial charge < -0.3 is 15.6 Å². The molecule has 0 saturated carbocycles. The quantitative estimate of drug-likeness (QED) is 0.453. The number of ether oxygens (including phenoxy) is 1. The van der Waals surface area contributed by atoms with Gasteiger partial charge in [-0.3, -0.25) is 4.79 Å². The van der Waals surface area contributed by atoms with Gasteiger partial charge in [0, 0.05) is 0 Å². The molecule has 4 nitrogen and oxygen atoms in total. The molecule has 0 aliphatic heterocycles. The topological polar surface area (TPSA) is 72.5 Å². The summed E-state index contributed by atoms with van der Waals surface area (Å²) in [5.41, 5.74) is 3.64. The molecule has 0 saturated heterocycles. The second-order valence-electron chi connectivity index (χ2n) is 1.42. The van der Waals surface area contributed by atoms with Crippen molar-refractivity contribution in [1.82, 2.24) is 0 Å². The van der Waals surface area contributed by atoms with Crippen molar-refractivity contribution in [2.24, 2.45) is 5.73 Å². The molecule has 6 heteroatoms. The van der Waals surface area contributed by atoms with Gasteiger partial charge in [0.25, 0.3) is 0 Å². The summed E-state index contributed by atoms with van der Waals surface area (Å²) in [5.74, 6) is -0.725. The molecular formula is C4H9Cl2NO3. The van der Waals surface area contributed by atoms with Crippen LogP contribution in [-0.4, -0.2) is 29.8 Å². The number of esters is 1. The van der Waals surface area contributed by atoms with E-state index in [1.54, 1.807) is 0 Å². The zero-order valence-corrected chi connectivity index (χ0v) is 6.85. The third-order valence-corrected chi connectivity index (χ3v) is 1.04. The molecule has 3 N–H and O–H groups in total. The van der Waals surface area contributed by atoms with Crippen molar-refractivity contribution in [3.63, 3.8) is 0 Å². The van der Waals surface area contributed by atoms with E-state index in [2.05, 4.69) is 4.74 Å². The second-order valence-corrected chi connectivity index (χ2v) is 1.87. The van der Waals surface area contributed by atoms with Crippen LogP contribution in [0.4, 0.5) is 0 Å². The van der Waals surface area contributed by atoms with Gasteiger partial charge in [-0.05, 0) is 0 Å². The standard InChI is InChI=1S/C4H8ClNO3.ClH/c1-9-4(8)2(6)3(5)7;/h2-3,7H,6H2,1H3;1H. The maximum absolute atomic E-state index is 10.4. The first-order chi connectivity index (χ1) is 4.09. The number of carbonyl (C=O) groups excluding carboxylic acids is 1. The molecule has 0 aliphatic rings. The molecule has 0 heterocycles. The third kappa shape index (κ3) is 3.90. The van der Waals surface area contributed by atoms with Crippen molar-refractivity contribution >= 4 is 30.0 Å². The minimum absolute atomic E-state index is 0. The molecule has 62 valence electrons. The highest BCUT2D eigenvalue weighted by molar-refractivity contribution is 6.21. The van der Waals surface area contributed by atoms with Crippen molar-refractivity contribution in [1.29, 1.82) is 0 Å². The molecule has 2 unspecified atom stereocenters. The number of hydrogen-bond donors (Lipinski definition) is 2. The highest BCUT2D eigenvalue weighted by atomic mass is 35.5. The zero-order valence-electron chi connectivity index (χ0n) is 5.28. The Bertz CT molecular complexity index is 109. The lowest BCUT2D eigenvalue weighted by Crippen LogP contribution is -2.39. The Kier molecular flexibility index (Phi) is 7.24. The molecule has 0 aromatic rings. The maximum atomic E-state index is 10.4. The van der Waals surface area contributed by atoms with Crippen molar-refractivity contribution in [2.75, 3.05) is 7.11 Å². The molecule has 0 aromatic heterocycles. The summed E-state index contributed by atoms with van der Waals surface area (Å²) in [6.07, 6.45) is 0. The molecule has 10 heavy (non-hydrogen) atoms. The number of halogens is 2. The first-order valence-electron chi connectivity index (χ1n) is 2.25. The van der Waals surface area contributed by atoms with Crippen LogP contribution in [0.15, 0.2) is 0 Å². The van der Waals surface area contributed by atoms with Crippen LogP contribution in [0.25, 0.3) is 0 Å². The number of aliphatic hydroxyl groups is 1. The number of rotatable bonds is 2. The lowest BCUT2D eigenvalue weighted by atomic mass is 10.3. The zero-order chi connectivity index (χ0) is 7.44. The fraction of sp³-hybridized carbons (Fsp3) is 0.750. The van der Waals surface area contributed by atoms with E-state index in [4.69, 9.17) is 22.4 Å². The molecule has 0 amide bonds. The molecule has 0 spiro atoms. The molecule has 0 rings (SSSR count). The summed E-state index contributed by atoms with van der Waals surface area (Å²) in [5, 5.41) is 8.46. The summed E-state index contributed by atoms with van der Waals surface area (Å²) in [6.45, 7) is 0. The average molecular weight is 190 g/mol. The normalized spacial score (nSPS) is 14.8. The van der Waals surface area contributed by atoms with Gasteiger partial charge in [-0.1, -0.05) is 11.6 Å². The Hall–Kier alpha value is -0.0300. The molecule has 0 radical (unpaired) electrons. The van der Waals surface area contributed by atoms with Crippen molar-refractivity contribution in [3.8, 4) is 0 Å². The number of methoxy groups -OCH3 is 1. The monoisotopic (exact) mass is 189 g/mol. The van der Waals surface area contributed by atoms with Crippen molar-refractivity contribution in [3.05, 3.63) is 0 Å². The van der Waals surface area contributed by atoms with E-state index >= 15 is 0 Å². The molecule has 2 atom stereocenters. The van der Waals surface area contributed by atoms with E-state index in [-0.39, 0.29) is 12.4 Å². The molecule has 0 fully saturated rings. The van der Waals surface area contributed by atoms with Crippen LogP contribution in [0.5, 0.6) is 0 Å². The van der Waals surface area contributed by atoms with Crippen LogP contribution in [-0.2, 0) is 9.53 Å². The summed E-state index contributed by atoms with van der Waals surface area (Å²) < 4.78 is 4.16. The van der Waals surface area contributed by atoms with Gasteiger partial charge in [0.15, 0.2) is 5.56 Å². The smallest absolute Gasteiger partial charge is 0.326 e. The fourth-order valence-corrected chi connectivity index (χ4v) is 0.351. The Labute approximate surface area is 69.7 Å². The van der Waals surface area contributed by atoms with Gasteiger partial charge in [-0.25, -0.2) is 0 Å². The molecule has 0 aromatic carbocycles. The highest BCUT2D eigenvalue weighted by Gasteiger charge is 2.20. The lowest BCUT2D eigenvalue weighted by molar-refractivity contribution is -0.143. The van der Waals surface area contributed by atoms with E-state index in [1.165, 1.54) is 7.11 Å². The van der Waals surface area contributed by atoms with E-state index < -0.39 is 17.6 Å². The molecule has 0 aliphatic carbocycles. The van der Waals surface area contributed by atoms with Crippen LogP contribution in [0.2, 0.25) is 0 Å². The Balaban J connectivity index is 0. The van der Waals surface area contributed by atoms with E-state index in [1.807, 2.05) is 0 Å². The van der Waals surface area contributed by atoms with Gasteiger partial charge in [0.2, 0.25) is 0 Å². The Morgan fingerprint density at radius 1 is 1.80 bits per heavy atom. The summed E-state index contributed by atoms with van der Waals surface area (Å²) in [6, 6.07) is -1.16. The lowest BCUT2D eigenvalue weighted by Gasteiger charge is -2.08. The fourth-order valence-electron chi connectivity index (χ4n) is 0.248. The van der Waals surface area contributed by atoms with Crippen molar-refractivity contribution < 1.29 is 14.6 Å². The molecule has 0 bridgehead atoms. The number of hydrogen-bond acceptors (Lipinski definition) is 4. The minimum atomic E-state index is -1.38. The Morgan fingerprint density at radius 2 is 2.20 bits per heavy atom. The predicted octanol–water partition coefficient (Wildman–Crippen LogP) is -0.534. The van der Waals surface area contributed by atoms with E-state index in [0.717, 1.165) is 0 Å². The summed E-state index contributed by atoms with van der Waals surface area (Å²) in [4.78, 5) is 10.4. The van der Waals surface area contributed by atoms with Gasteiger partial charge >= 0.3 is 5.97 Å². The van der Waals surface area contributed by atoms with Gasteiger partial charge in [0.05, 0.1) is 7.11 Å². The van der Waals surface area contributed by atoms with Crippen LogP contribution in [0.3, 0.4) is 0 Å². The second kappa shape index (κ2) is 5.73. The van der Waals surface area contributed by atoms with Crippen LogP contribution < -0.4 is 5.73 Å². The summed E-state index contributed by atoms with van der Waals surface area (Å²) >= 11 is 5.03. The predicted molar refractivity (Wildman–Crippen MR) is 39.1 cm³/mol. The summed E-state index contributed by atoms with van der Waals surface area (Å²) in [7, 11) is 1.17. The Morgan fingerprint density at radius 3 is 2.30 bits per heavy atom. The average Bonchev–Trinajstić information content (AvgIpc) is 1.84. The number of alkyl halides is 1.